The number of hydrogen-bond donors (Lipinski definition) is 2. The Kier molecular flexibility index (Phi) is 6.46. The first-order chi connectivity index (χ1) is 14.0. The third-order valence-corrected chi connectivity index (χ3v) is 5.07. The summed E-state index contributed by atoms with van der Waals surface area (Å²) in [6.07, 6.45) is 2.17. The largest absolute Gasteiger partial charge is 0.462 e. The van der Waals surface area contributed by atoms with E-state index in [0.29, 0.717) is 27.7 Å². The van der Waals surface area contributed by atoms with E-state index in [1.165, 1.54) is 17.6 Å². The molecule has 0 atom stereocenters. The first-order valence-electron chi connectivity index (χ1n) is 9.01. The Bertz CT molecular complexity index is 1010. The number of carbonyl (C=O) groups is 3. The van der Waals surface area contributed by atoms with Crippen molar-refractivity contribution in [3.63, 3.8) is 0 Å². The highest BCUT2D eigenvalue weighted by atomic mass is 32.1. The van der Waals surface area contributed by atoms with Gasteiger partial charge in [0.15, 0.2) is 5.76 Å². The van der Waals surface area contributed by atoms with Crippen LogP contribution in [0.25, 0.3) is 0 Å². The summed E-state index contributed by atoms with van der Waals surface area (Å²) in [6, 6.07) is 11.4. The molecule has 0 aliphatic rings. The third kappa shape index (κ3) is 5.11. The molecule has 1 aromatic carbocycles. The van der Waals surface area contributed by atoms with Crippen LogP contribution in [0.5, 0.6) is 0 Å². The molecule has 150 valence electrons. The SMILES string of the molecule is CCCOC(=O)c1ccc(NC(=O)c2sc(NC(=O)c3ccco3)cc2C)cc1. The second kappa shape index (κ2) is 9.20. The van der Waals surface area contributed by atoms with Crippen LogP contribution >= 0.6 is 11.3 Å². The summed E-state index contributed by atoms with van der Waals surface area (Å²) in [7, 11) is 0. The van der Waals surface area contributed by atoms with Gasteiger partial charge >= 0.3 is 5.97 Å². The second-order valence-corrected chi connectivity index (χ2v) is 7.27. The average molecular weight is 412 g/mol. The van der Waals surface area contributed by atoms with Gasteiger partial charge in [-0.2, -0.15) is 0 Å². The lowest BCUT2D eigenvalue weighted by atomic mass is 10.2. The van der Waals surface area contributed by atoms with Gasteiger partial charge in [0.1, 0.15) is 0 Å². The van der Waals surface area contributed by atoms with Crippen LogP contribution in [0.4, 0.5) is 10.7 Å². The van der Waals surface area contributed by atoms with E-state index < -0.39 is 5.97 Å². The number of benzene rings is 1. The quantitative estimate of drug-likeness (QED) is 0.547. The maximum atomic E-state index is 12.6. The number of anilines is 2. The van der Waals surface area contributed by atoms with E-state index >= 15 is 0 Å². The van der Waals surface area contributed by atoms with E-state index in [1.807, 2.05) is 6.92 Å². The first-order valence-corrected chi connectivity index (χ1v) is 9.83. The fourth-order valence-corrected chi connectivity index (χ4v) is 3.47. The van der Waals surface area contributed by atoms with Crippen LogP contribution in [-0.2, 0) is 4.74 Å². The smallest absolute Gasteiger partial charge is 0.338 e. The number of esters is 1. The van der Waals surface area contributed by atoms with E-state index in [4.69, 9.17) is 9.15 Å². The van der Waals surface area contributed by atoms with Crippen molar-refractivity contribution in [1.29, 1.82) is 0 Å². The minimum absolute atomic E-state index is 0.194. The van der Waals surface area contributed by atoms with Crippen molar-refractivity contribution in [1.82, 2.24) is 0 Å². The van der Waals surface area contributed by atoms with E-state index in [9.17, 15) is 14.4 Å². The molecule has 2 N–H and O–H groups in total. The molecule has 3 aromatic rings. The zero-order valence-electron chi connectivity index (χ0n) is 16.0. The molecule has 0 fully saturated rings. The monoisotopic (exact) mass is 412 g/mol. The predicted molar refractivity (Wildman–Crippen MR) is 111 cm³/mol. The Morgan fingerprint density at radius 3 is 2.48 bits per heavy atom. The highest BCUT2D eigenvalue weighted by Crippen LogP contribution is 2.28. The highest BCUT2D eigenvalue weighted by Gasteiger charge is 2.17. The van der Waals surface area contributed by atoms with Crippen molar-refractivity contribution in [2.75, 3.05) is 17.2 Å². The summed E-state index contributed by atoms with van der Waals surface area (Å²) in [5, 5.41) is 6.05. The number of nitrogens with one attached hydrogen (secondary N) is 2. The van der Waals surface area contributed by atoms with E-state index in [2.05, 4.69) is 10.6 Å². The van der Waals surface area contributed by atoms with Crippen LogP contribution in [0.2, 0.25) is 0 Å². The van der Waals surface area contributed by atoms with Crippen molar-refractivity contribution in [2.24, 2.45) is 0 Å². The number of rotatable bonds is 7. The van der Waals surface area contributed by atoms with Crippen molar-refractivity contribution >= 4 is 39.8 Å². The summed E-state index contributed by atoms with van der Waals surface area (Å²) in [6.45, 7) is 4.08. The van der Waals surface area contributed by atoms with Crippen LogP contribution in [0.1, 0.15) is 49.5 Å². The number of amides is 2. The van der Waals surface area contributed by atoms with Gasteiger partial charge in [0, 0.05) is 5.69 Å². The lowest BCUT2D eigenvalue weighted by Gasteiger charge is -2.06. The minimum atomic E-state index is -0.393. The van der Waals surface area contributed by atoms with Gasteiger partial charge in [-0.3, -0.25) is 9.59 Å². The zero-order valence-corrected chi connectivity index (χ0v) is 16.8. The number of carbonyl (C=O) groups excluding carboxylic acids is 3. The fraction of sp³-hybridized carbons (Fsp3) is 0.190. The van der Waals surface area contributed by atoms with Crippen LogP contribution < -0.4 is 10.6 Å². The topological polar surface area (TPSA) is 97.6 Å². The lowest BCUT2D eigenvalue weighted by molar-refractivity contribution is 0.0505. The Hall–Kier alpha value is -3.39. The van der Waals surface area contributed by atoms with Crippen LogP contribution in [0.3, 0.4) is 0 Å². The Morgan fingerprint density at radius 2 is 1.83 bits per heavy atom. The number of thiophene rings is 1. The van der Waals surface area contributed by atoms with Gasteiger partial charge in [0.05, 0.1) is 28.3 Å². The first kappa shape index (κ1) is 20.3. The summed E-state index contributed by atoms with van der Waals surface area (Å²) in [5.41, 5.74) is 1.71. The predicted octanol–water partition coefficient (Wildman–Crippen LogP) is 4.72. The van der Waals surface area contributed by atoms with Gasteiger partial charge in [-0.15, -0.1) is 11.3 Å². The average Bonchev–Trinajstić information content (AvgIpc) is 3.36. The van der Waals surface area contributed by atoms with Gasteiger partial charge in [-0.1, -0.05) is 6.92 Å². The standard InChI is InChI=1S/C21H20N2O5S/c1-3-10-28-21(26)14-6-8-15(9-7-14)22-20(25)18-13(2)12-17(29-18)23-19(24)16-5-4-11-27-16/h4-9,11-12H,3,10H2,1-2H3,(H,22,25)(H,23,24). The van der Waals surface area contributed by atoms with Crippen molar-refractivity contribution in [3.05, 3.63) is 70.5 Å². The molecular formula is C21H20N2O5S. The number of hydrogen-bond acceptors (Lipinski definition) is 6. The Balaban J connectivity index is 1.64. The van der Waals surface area contributed by atoms with Crippen LogP contribution in [0.15, 0.2) is 53.1 Å². The van der Waals surface area contributed by atoms with Crippen molar-refractivity contribution in [2.45, 2.75) is 20.3 Å². The molecular weight excluding hydrogens is 392 g/mol. The van der Waals surface area contributed by atoms with Gasteiger partial charge in [-0.25, -0.2) is 4.79 Å². The van der Waals surface area contributed by atoms with E-state index in [0.717, 1.165) is 12.0 Å². The Labute approximate surface area is 171 Å². The molecule has 0 saturated carbocycles. The maximum Gasteiger partial charge on any atom is 0.338 e. The lowest BCUT2D eigenvalue weighted by Crippen LogP contribution is -2.12. The van der Waals surface area contributed by atoms with Gasteiger partial charge in [0.2, 0.25) is 0 Å². The molecule has 0 radical (unpaired) electrons. The van der Waals surface area contributed by atoms with Crippen molar-refractivity contribution in [3.8, 4) is 0 Å². The molecule has 7 nitrogen and oxygen atoms in total. The summed E-state index contributed by atoms with van der Waals surface area (Å²) >= 11 is 1.17. The summed E-state index contributed by atoms with van der Waals surface area (Å²) in [4.78, 5) is 37.0. The molecule has 29 heavy (non-hydrogen) atoms. The second-order valence-electron chi connectivity index (χ2n) is 6.22. The molecule has 0 saturated heterocycles. The molecule has 0 bridgehead atoms. The molecule has 2 amide bonds. The van der Waals surface area contributed by atoms with Crippen molar-refractivity contribution < 1.29 is 23.5 Å². The fourth-order valence-electron chi connectivity index (χ4n) is 2.51. The number of furan rings is 1. The molecule has 3 rings (SSSR count). The molecule has 0 unspecified atom stereocenters. The molecule has 0 spiro atoms. The normalized spacial score (nSPS) is 10.4. The maximum absolute atomic E-state index is 12.6. The molecule has 8 heteroatoms. The van der Waals surface area contributed by atoms with Gasteiger partial charge < -0.3 is 19.8 Å². The van der Waals surface area contributed by atoms with Gasteiger partial charge in [0.25, 0.3) is 11.8 Å². The Morgan fingerprint density at radius 1 is 1.07 bits per heavy atom. The zero-order chi connectivity index (χ0) is 20.8. The summed E-state index contributed by atoms with van der Waals surface area (Å²) < 4.78 is 10.1. The van der Waals surface area contributed by atoms with Gasteiger partial charge in [-0.05, 0) is 61.4 Å². The van der Waals surface area contributed by atoms with E-state index in [-0.39, 0.29) is 17.6 Å². The molecule has 0 aliphatic carbocycles. The minimum Gasteiger partial charge on any atom is -0.462 e. The third-order valence-electron chi connectivity index (χ3n) is 3.92. The summed E-state index contributed by atoms with van der Waals surface area (Å²) in [5.74, 6) is -0.878. The molecule has 0 aliphatic heterocycles. The van der Waals surface area contributed by atoms with E-state index in [1.54, 1.807) is 49.4 Å². The number of aryl methyl sites for hydroxylation is 1. The van der Waals surface area contributed by atoms with Crippen LogP contribution in [0, 0.1) is 6.92 Å². The highest BCUT2D eigenvalue weighted by molar-refractivity contribution is 7.18. The number of ether oxygens (including phenoxy) is 1. The molecule has 2 heterocycles. The van der Waals surface area contributed by atoms with Crippen LogP contribution in [-0.4, -0.2) is 24.4 Å². The molecule has 2 aromatic heterocycles.